The molecule has 0 aliphatic carbocycles. The molecule has 1 N–H and O–H groups in total. The number of ether oxygens (including phenoxy) is 1. The van der Waals surface area contributed by atoms with E-state index in [1.807, 2.05) is 6.07 Å². The van der Waals surface area contributed by atoms with E-state index in [0.717, 1.165) is 37.5 Å². The molecule has 3 aromatic rings. The van der Waals surface area contributed by atoms with Crippen LogP contribution in [0.1, 0.15) is 54.2 Å². The number of aryl methyl sites for hydroxylation is 1. The first-order valence-electron chi connectivity index (χ1n) is 12.0. The molecule has 2 aromatic carbocycles. The van der Waals surface area contributed by atoms with Gasteiger partial charge in [0.15, 0.2) is 0 Å². The second-order valence-corrected chi connectivity index (χ2v) is 10.5. The molecule has 0 bridgehead atoms. The lowest BCUT2D eigenvalue weighted by molar-refractivity contribution is -0.000897. The fourth-order valence-electron chi connectivity index (χ4n) is 5.38. The minimum absolute atomic E-state index is 0.194. The normalized spacial score (nSPS) is 18.1. The van der Waals surface area contributed by atoms with E-state index in [2.05, 4.69) is 42.5 Å². The van der Waals surface area contributed by atoms with Gasteiger partial charge in [0.25, 0.3) is 0 Å². The summed E-state index contributed by atoms with van der Waals surface area (Å²) in [6.45, 7) is 9.44. The number of hydrogen-bond acceptors (Lipinski definition) is 4. The molecule has 0 radical (unpaired) electrons. The van der Waals surface area contributed by atoms with E-state index in [1.54, 1.807) is 17.0 Å². The summed E-state index contributed by atoms with van der Waals surface area (Å²) in [6, 6.07) is 10.8. The molecule has 8 heteroatoms. The van der Waals surface area contributed by atoms with Crippen molar-refractivity contribution in [3.05, 3.63) is 64.3 Å². The van der Waals surface area contributed by atoms with Gasteiger partial charge in [-0.3, -0.25) is 9.80 Å². The van der Waals surface area contributed by atoms with Gasteiger partial charge in [0, 0.05) is 60.8 Å². The van der Waals surface area contributed by atoms with Crippen molar-refractivity contribution in [3.8, 4) is 0 Å². The van der Waals surface area contributed by atoms with Gasteiger partial charge in [-0.25, -0.2) is 9.59 Å². The third kappa shape index (κ3) is 4.39. The predicted octanol–water partition coefficient (Wildman–Crippen LogP) is 5.87. The number of carbonyl (C=O) groups excluding carboxylic acids is 1. The monoisotopic (exact) mass is 495 g/mol. The Morgan fingerprint density at radius 1 is 1.17 bits per heavy atom. The molecule has 0 unspecified atom stereocenters. The third-order valence-electron chi connectivity index (χ3n) is 7.28. The summed E-state index contributed by atoms with van der Waals surface area (Å²) in [5.74, 6) is -0.988. The first-order valence-corrected chi connectivity index (χ1v) is 12.4. The van der Waals surface area contributed by atoms with Crippen LogP contribution in [0.15, 0.2) is 42.6 Å². The van der Waals surface area contributed by atoms with Crippen LogP contribution in [-0.4, -0.2) is 51.9 Å². The minimum Gasteiger partial charge on any atom is -0.478 e. The van der Waals surface area contributed by atoms with Crippen LogP contribution in [0.4, 0.5) is 10.5 Å². The van der Waals surface area contributed by atoms with E-state index < -0.39 is 11.6 Å². The van der Waals surface area contributed by atoms with Crippen molar-refractivity contribution in [1.82, 2.24) is 9.47 Å². The summed E-state index contributed by atoms with van der Waals surface area (Å²) >= 11 is 6.41. The molecule has 35 heavy (non-hydrogen) atoms. The number of nitrogens with zero attached hydrogens (tertiary/aromatic N) is 3. The molecule has 5 rings (SSSR count). The largest absolute Gasteiger partial charge is 0.478 e. The fourth-order valence-corrected chi connectivity index (χ4v) is 5.66. The lowest BCUT2D eigenvalue weighted by atomic mass is 9.91. The molecule has 0 saturated carbocycles. The minimum atomic E-state index is -0.988. The van der Waals surface area contributed by atoms with Crippen molar-refractivity contribution in [3.63, 3.8) is 0 Å². The van der Waals surface area contributed by atoms with E-state index in [1.165, 1.54) is 34.2 Å². The summed E-state index contributed by atoms with van der Waals surface area (Å²) < 4.78 is 8.22. The molecule has 1 spiro atoms. The number of carbonyl (C=O) groups is 2. The molecule has 0 atom stereocenters. The molecular weight excluding hydrogens is 466 g/mol. The smallest absolute Gasteiger partial charge is 0.415 e. The highest BCUT2D eigenvalue weighted by Crippen LogP contribution is 2.37. The Bertz CT molecular complexity index is 1290. The highest BCUT2D eigenvalue weighted by Gasteiger charge is 2.47. The maximum atomic E-state index is 12.7. The zero-order valence-electron chi connectivity index (χ0n) is 20.3. The quantitative estimate of drug-likeness (QED) is 0.479. The van der Waals surface area contributed by atoms with Gasteiger partial charge >= 0.3 is 12.1 Å². The van der Waals surface area contributed by atoms with Crippen molar-refractivity contribution < 1.29 is 19.4 Å². The number of amides is 1. The maximum absolute atomic E-state index is 12.7. The molecular formula is C27H30ClN3O4. The summed E-state index contributed by atoms with van der Waals surface area (Å²) in [5.41, 5.74) is 4.03. The van der Waals surface area contributed by atoms with Gasteiger partial charge in [-0.1, -0.05) is 11.6 Å². The van der Waals surface area contributed by atoms with Gasteiger partial charge in [-0.2, -0.15) is 0 Å². The Balaban J connectivity index is 1.29. The Hall–Kier alpha value is -3.03. The second kappa shape index (κ2) is 8.88. The average Bonchev–Trinajstić information content (AvgIpc) is 3.33. The van der Waals surface area contributed by atoms with Gasteiger partial charge < -0.3 is 14.4 Å². The zero-order valence-corrected chi connectivity index (χ0v) is 21.0. The number of carboxylic acid groups (broad SMARTS) is 1. The van der Waals surface area contributed by atoms with Crippen LogP contribution in [0, 0.1) is 6.92 Å². The van der Waals surface area contributed by atoms with E-state index >= 15 is 0 Å². The van der Waals surface area contributed by atoms with Gasteiger partial charge in [-0.15, -0.1) is 0 Å². The summed E-state index contributed by atoms with van der Waals surface area (Å²) in [6.07, 6.45) is 3.39. The summed E-state index contributed by atoms with van der Waals surface area (Å²) in [4.78, 5) is 27.8. The third-order valence-corrected chi connectivity index (χ3v) is 7.50. The zero-order chi connectivity index (χ0) is 24.9. The van der Waals surface area contributed by atoms with Crippen LogP contribution < -0.4 is 4.90 Å². The van der Waals surface area contributed by atoms with Crippen molar-refractivity contribution in [1.29, 1.82) is 0 Å². The number of fused-ring (bicyclic) bond motifs is 1. The topological polar surface area (TPSA) is 75.0 Å². The Morgan fingerprint density at radius 3 is 2.49 bits per heavy atom. The number of benzene rings is 2. The van der Waals surface area contributed by atoms with E-state index in [4.69, 9.17) is 21.4 Å². The highest BCUT2D eigenvalue weighted by atomic mass is 35.5. The Kier molecular flexibility index (Phi) is 6.01. The molecule has 2 fully saturated rings. The lowest BCUT2D eigenvalue weighted by Gasteiger charge is -2.37. The first-order chi connectivity index (χ1) is 16.7. The lowest BCUT2D eigenvalue weighted by Crippen LogP contribution is -2.46. The number of likely N-dealkylation sites (tertiary alicyclic amines) is 1. The van der Waals surface area contributed by atoms with Gasteiger partial charge in [0.2, 0.25) is 0 Å². The SMILES string of the molecule is Cc1cc(Cl)cc2c(CN3CCC4(CC3)CN(c3ccc(C(=O)O)cc3)C(=O)O4)cn(C(C)C)c12. The number of carboxylic acids is 1. The number of aromatic nitrogens is 1. The highest BCUT2D eigenvalue weighted by molar-refractivity contribution is 6.31. The van der Waals surface area contributed by atoms with Crippen molar-refractivity contribution in [2.75, 3.05) is 24.5 Å². The first kappa shape index (κ1) is 23.7. The predicted molar refractivity (Wildman–Crippen MR) is 137 cm³/mol. The van der Waals surface area contributed by atoms with Crippen molar-refractivity contribution in [2.24, 2.45) is 0 Å². The average molecular weight is 496 g/mol. The molecule has 184 valence electrons. The van der Waals surface area contributed by atoms with E-state index in [0.29, 0.717) is 18.3 Å². The van der Waals surface area contributed by atoms with Crippen LogP contribution in [0.25, 0.3) is 10.9 Å². The number of aromatic carboxylic acids is 1. The second-order valence-electron chi connectivity index (χ2n) is 10.0. The molecule has 2 aliphatic heterocycles. The van der Waals surface area contributed by atoms with Gasteiger partial charge in [0.1, 0.15) is 5.60 Å². The summed E-state index contributed by atoms with van der Waals surface area (Å²) in [7, 11) is 0. The molecule has 3 heterocycles. The fraction of sp³-hybridized carbons (Fsp3) is 0.407. The standard InChI is InChI=1S/C27H30ClN3O4/c1-17(2)30-15-20(23-13-21(28)12-18(3)24(23)30)14-29-10-8-27(9-11-29)16-31(26(34)35-27)22-6-4-19(5-7-22)25(32)33/h4-7,12-13,15,17H,8-11,14,16H2,1-3H3,(H,32,33). The van der Waals surface area contributed by atoms with Crippen molar-refractivity contribution >= 4 is 40.3 Å². The number of hydrogen-bond donors (Lipinski definition) is 1. The van der Waals surface area contributed by atoms with E-state index in [9.17, 15) is 9.59 Å². The van der Waals surface area contributed by atoms with E-state index in [-0.39, 0.29) is 11.7 Å². The number of rotatable bonds is 5. The molecule has 7 nitrogen and oxygen atoms in total. The Morgan fingerprint density at radius 2 is 1.86 bits per heavy atom. The van der Waals surface area contributed by atoms with Crippen LogP contribution in [-0.2, 0) is 11.3 Å². The van der Waals surface area contributed by atoms with Gasteiger partial charge in [0.05, 0.1) is 17.6 Å². The molecule has 1 aromatic heterocycles. The van der Waals surface area contributed by atoms with Crippen LogP contribution in [0.5, 0.6) is 0 Å². The number of anilines is 1. The Labute approximate surface area is 209 Å². The summed E-state index contributed by atoms with van der Waals surface area (Å²) in [5, 5.41) is 11.1. The molecule has 2 aliphatic rings. The van der Waals surface area contributed by atoms with Crippen LogP contribution >= 0.6 is 11.6 Å². The van der Waals surface area contributed by atoms with Crippen molar-refractivity contribution in [2.45, 2.75) is 51.8 Å². The van der Waals surface area contributed by atoms with Crippen LogP contribution in [0.3, 0.4) is 0 Å². The maximum Gasteiger partial charge on any atom is 0.415 e. The molecule has 2 saturated heterocycles. The number of halogens is 1. The number of piperidine rings is 1. The van der Waals surface area contributed by atoms with Gasteiger partial charge in [-0.05, 0) is 68.3 Å². The molecule has 1 amide bonds. The van der Waals surface area contributed by atoms with Crippen LogP contribution in [0.2, 0.25) is 5.02 Å².